The first kappa shape index (κ1) is 21.6. The van der Waals surface area contributed by atoms with E-state index >= 15 is 0 Å². The number of nitrogen functional groups attached to an aromatic ring is 1. The minimum Gasteiger partial charge on any atom is -0.481 e. The minimum atomic E-state index is -0.341. The predicted octanol–water partition coefficient (Wildman–Crippen LogP) is 2.99. The molecule has 0 saturated carbocycles. The van der Waals surface area contributed by atoms with Crippen molar-refractivity contribution in [3.8, 4) is 17.1 Å². The molecule has 4 N–H and O–H groups in total. The molecule has 0 radical (unpaired) electrons. The molecule has 8 nitrogen and oxygen atoms in total. The number of halogens is 1. The number of rotatable bonds is 6. The number of oxime groups is 1. The Bertz CT molecular complexity index is 1170. The Morgan fingerprint density at radius 2 is 2.00 bits per heavy atom. The lowest BCUT2D eigenvalue weighted by Gasteiger charge is -2.27. The second kappa shape index (κ2) is 9.27. The summed E-state index contributed by atoms with van der Waals surface area (Å²) < 4.78 is 19.5. The van der Waals surface area contributed by atoms with Crippen molar-refractivity contribution in [3.63, 3.8) is 0 Å². The van der Waals surface area contributed by atoms with Crippen LogP contribution in [-0.4, -0.2) is 40.9 Å². The summed E-state index contributed by atoms with van der Waals surface area (Å²) in [6.07, 6.45) is 1.16. The molecule has 1 atom stereocenters. The van der Waals surface area contributed by atoms with E-state index in [4.69, 9.17) is 21.0 Å². The number of hydrogen-bond donors (Lipinski definition) is 2. The normalized spacial score (nSPS) is 16.6. The zero-order valence-electron chi connectivity index (χ0n) is 18.0. The van der Waals surface area contributed by atoms with Crippen LogP contribution in [0.1, 0.15) is 34.9 Å². The zero-order chi connectivity index (χ0) is 22.7. The largest absolute Gasteiger partial charge is 0.481 e. The summed E-state index contributed by atoms with van der Waals surface area (Å²) in [6, 6.07) is 10.2. The van der Waals surface area contributed by atoms with Crippen molar-refractivity contribution in [3.05, 3.63) is 64.7 Å². The molecule has 0 bridgehead atoms. The summed E-state index contributed by atoms with van der Waals surface area (Å²) in [6.45, 7) is 2.53. The van der Waals surface area contributed by atoms with Crippen LogP contribution in [0.25, 0.3) is 11.3 Å². The summed E-state index contributed by atoms with van der Waals surface area (Å²) in [5.41, 5.74) is 16.8. The topological polar surface area (TPSA) is 122 Å². The van der Waals surface area contributed by atoms with Crippen LogP contribution in [0.3, 0.4) is 0 Å². The van der Waals surface area contributed by atoms with E-state index in [0.29, 0.717) is 43.1 Å². The fourth-order valence-electron chi connectivity index (χ4n) is 4.08. The molecule has 0 fully saturated rings. The lowest BCUT2D eigenvalue weighted by Crippen LogP contribution is -2.24. The van der Waals surface area contributed by atoms with Crippen molar-refractivity contribution in [2.75, 3.05) is 26.0 Å². The fourth-order valence-corrected chi connectivity index (χ4v) is 4.08. The van der Waals surface area contributed by atoms with Crippen molar-refractivity contribution < 1.29 is 14.0 Å². The number of aryl methyl sites for hydroxylation is 1. The van der Waals surface area contributed by atoms with E-state index in [9.17, 15) is 4.39 Å². The Morgan fingerprint density at radius 1 is 1.16 bits per heavy atom. The molecule has 32 heavy (non-hydrogen) atoms. The molecule has 1 aliphatic carbocycles. The standard InChI is InChI=1S/C23H25FN6O2/c1-13-22-19(29-23(26)27-13)10-14(11-20(22)30-32-9-8-25)16-7-6-15(24)12-17(16)18-4-3-5-21(28-18)31-2/h3-7,12,14H,8-11,25H2,1-2H3,(H2,26,27,29)/b30-20+/t14-/m0/s1. The van der Waals surface area contributed by atoms with Gasteiger partial charge in [0.25, 0.3) is 0 Å². The van der Waals surface area contributed by atoms with Crippen LogP contribution >= 0.6 is 0 Å². The highest BCUT2D eigenvalue weighted by atomic mass is 19.1. The van der Waals surface area contributed by atoms with Gasteiger partial charge in [0.1, 0.15) is 12.4 Å². The SMILES string of the molecule is COc1cccc(-c2cc(F)ccc2[C@@H]2C/C(=N\OCCN)c3c(C)nc(N)nc3C2)n1. The van der Waals surface area contributed by atoms with Crippen LogP contribution in [0.2, 0.25) is 0 Å². The first-order chi connectivity index (χ1) is 15.5. The number of ether oxygens (including phenoxy) is 1. The highest BCUT2D eigenvalue weighted by Gasteiger charge is 2.31. The van der Waals surface area contributed by atoms with Gasteiger partial charge in [0, 0.05) is 30.2 Å². The average Bonchev–Trinajstić information content (AvgIpc) is 2.78. The van der Waals surface area contributed by atoms with Crippen molar-refractivity contribution in [1.29, 1.82) is 0 Å². The number of pyridine rings is 1. The molecule has 0 unspecified atom stereocenters. The molecular formula is C23H25FN6O2. The van der Waals surface area contributed by atoms with Gasteiger partial charge in [-0.05, 0) is 43.0 Å². The molecule has 0 aliphatic heterocycles. The van der Waals surface area contributed by atoms with Gasteiger partial charge in [-0.3, -0.25) is 0 Å². The molecule has 0 saturated heterocycles. The second-order valence-electron chi connectivity index (χ2n) is 7.55. The Balaban J connectivity index is 1.81. The highest BCUT2D eigenvalue weighted by Crippen LogP contribution is 2.38. The van der Waals surface area contributed by atoms with Gasteiger partial charge in [-0.1, -0.05) is 17.3 Å². The van der Waals surface area contributed by atoms with Crippen molar-refractivity contribution in [2.24, 2.45) is 10.9 Å². The van der Waals surface area contributed by atoms with Crippen molar-refractivity contribution in [2.45, 2.75) is 25.7 Å². The van der Waals surface area contributed by atoms with E-state index in [2.05, 4.69) is 20.1 Å². The van der Waals surface area contributed by atoms with Gasteiger partial charge in [-0.25, -0.2) is 19.3 Å². The smallest absolute Gasteiger partial charge is 0.220 e. The van der Waals surface area contributed by atoms with E-state index in [1.54, 1.807) is 19.2 Å². The minimum absolute atomic E-state index is 0.0416. The number of aromatic nitrogens is 3. The first-order valence-corrected chi connectivity index (χ1v) is 10.3. The summed E-state index contributed by atoms with van der Waals surface area (Å²) in [7, 11) is 1.55. The third kappa shape index (κ3) is 4.38. The Hall–Kier alpha value is -3.59. The number of nitrogens with zero attached hydrogens (tertiary/aromatic N) is 4. The fraction of sp³-hybridized carbons (Fsp3) is 0.304. The van der Waals surface area contributed by atoms with Crippen molar-refractivity contribution >= 4 is 11.7 Å². The van der Waals surface area contributed by atoms with Gasteiger partial charge in [-0.15, -0.1) is 0 Å². The lowest BCUT2D eigenvalue weighted by molar-refractivity contribution is 0.151. The predicted molar refractivity (Wildman–Crippen MR) is 120 cm³/mol. The molecule has 3 aromatic rings. The number of nitrogens with two attached hydrogens (primary N) is 2. The number of fused-ring (bicyclic) bond motifs is 1. The molecule has 1 aromatic carbocycles. The molecule has 9 heteroatoms. The van der Waals surface area contributed by atoms with Crippen LogP contribution < -0.4 is 16.2 Å². The zero-order valence-corrected chi connectivity index (χ0v) is 18.0. The monoisotopic (exact) mass is 436 g/mol. The molecule has 0 spiro atoms. The molecule has 4 rings (SSSR count). The third-order valence-corrected chi connectivity index (χ3v) is 5.40. The van der Waals surface area contributed by atoms with Gasteiger partial charge in [0.05, 0.1) is 29.9 Å². The van der Waals surface area contributed by atoms with Gasteiger partial charge < -0.3 is 21.0 Å². The molecule has 1 aliphatic rings. The van der Waals surface area contributed by atoms with Crippen LogP contribution in [0.5, 0.6) is 5.88 Å². The third-order valence-electron chi connectivity index (χ3n) is 5.40. The summed E-state index contributed by atoms with van der Waals surface area (Å²) in [4.78, 5) is 18.7. The number of hydrogen-bond acceptors (Lipinski definition) is 8. The van der Waals surface area contributed by atoms with Crippen LogP contribution in [-0.2, 0) is 11.3 Å². The van der Waals surface area contributed by atoms with E-state index < -0.39 is 0 Å². The van der Waals surface area contributed by atoms with E-state index in [1.807, 2.05) is 19.1 Å². The van der Waals surface area contributed by atoms with E-state index in [1.165, 1.54) is 12.1 Å². The Labute approximate surface area is 185 Å². The maximum atomic E-state index is 14.3. The van der Waals surface area contributed by atoms with E-state index in [0.717, 1.165) is 28.2 Å². The van der Waals surface area contributed by atoms with Crippen LogP contribution in [0, 0.1) is 12.7 Å². The summed E-state index contributed by atoms with van der Waals surface area (Å²) >= 11 is 0. The first-order valence-electron chi connectivity index (χ1n) is 10.3. The van der Waals surface area contributed by atoms with Crippen molar-refractivity contribution in [1.82, 2.24) is 15.0 Å². The highest BCUT2D eigenvalue weighted by molar-refractivity contribution is 6.03. The molecular weight excluding hydrogens is 411 g/mol. The van der Waals surface area contributed by atoms with E-state index in [-0.39, 0.29) is 17.7 Å². The number of benzene rings is 1. The molecule has 166 valence electrons. The molecule has 2 heterocycles. The second-order valence-corrected chi connectivity index (χ2v) is 7.55. The van der Waals surface area contributed by atoms with Gasteiger partial charge in [0.2, 0.25) is 11.8 Å². The van der Waals surface area contributed by atoms with Gasteiger partial charge in [0.15, 0.2) is 0 Å². The Morgan fingerprint density at radius 3 is 2.78 bits per heavy atom. The van der Waals surface area contributed by atoms with Gasteiger partial charge >= 0.3 is 0 Å². The number of anilines is 1. The van der Waals surface area contributed by atoms with Crippen LogP contribution in [0.15, 0.2) is 41.6 Å². The lowest BCUT2D eigenvalue weighted by atomic mass is 9.79. The summed E-state index contributed by atoms with van der Waals surface area (Å²) in [5, 5.41) is 4.33. The maximum Gasteiger partial charge on any atom is 0.220 e. The van der Waals surface area contributed by atoms with Crippen LogP contribution in [0.4, 0.5) is 10.3 Å². The molecule has 0 amide bonds. The summed E-state index contributed by atoms with van der Waals surface area (Å²) in [5.74, 6) is 0.283. The number of methoxy groups -OCH3 is 1. The van der Waals surface area contributed by atoms with Gasteiger partial charge in [-0.2, -0.15) is 0 Å². The quantitative estimate of drug-likeness (QED) is 0.450. The Kier molecular flexibility index (Phi) is 6.27. The maximum absolute atomic E-state index is 14.3. The molecule has 2 aromatic heterocycles. The average molecular weight is 436 g/mol.